The van der Waals surface area contributed by atoms with Crippen LogP contribution in [0.5, 0.6) is 0 Å². The Kier molecular flexibility index (Phi) is 3.20. The van der Waals surface area contributed by atoms with Crippen molar-refractivity contribution in [3.63, 3.8) is 0 Å². The Hall–Kier alpha value is -1.44. The van der Waals surface area contributed by atoms with Gasteiger partial charge >= 0.3 is 0 Å². The van der Waals surface area contributed by atoms with Gasteiger partial charge in [0, 0.05) is 36.3 Å². The summed E-state index contributed by atoms with van der Waals surface area (Å²) in [5, 5.41) is 0. The van der Waals surface area contributed by atoms with Gasteiger partial charge in [0.2, 0.25) is 0 Å². The van der Waals surface area contributed by atoms with Crippen molar-refractivity contribution in [2.24, 2.45) is 4.99 Å². The quantitative estimate of drug-likeness (QED) is 0.622. The summed E-state index contributed by atoms with van der Waals surface area (Å²) in [6, 6.07) is 1.93. The molecule has 2 nitrogen and oxygen atoms in total. The number of nitrogens with zero attached hydrogens (tertiary/aromatic N) is 2. The molecule has 0 aromatic carbocycles. The Morgan fingerprint density at radius 2 is 2.42 bits per heavy atom. The summed E-state index contributed by atoms with van der Waals surface area (Å²) in [4.78, 5) is 8.14. The van der Waals surface area contributed by atoms with Crippen LogP contribution in [-0.2, 0) is 0 Å². The van der Waals surface area contributed by atoms with Crippen LogP contribution in [0.25, 0.3) is 6.08 Å². The van der Waals surface area contributed by atoms with Gasteiger partial charge in [0.05, 0.1) is 0 Å². The van der Waals surface area contributed by atoms with Gasteiger partial charge in [-0.15, -0.1) is 0 Å². The Balaban J connectivity index is 2.96. The molecule has 0 N–H and O–H groups in total. The zero-order chi connectivity index (χ0) is 8.81. The van der Waals surface area contributed by atoms with Crippen LogP contribution >= 0.6 is 0 Å². The summed E-state index contributed by atoms with van der Waals surface area (Å²) in [6.45, 7) is 6.51. The number of pyridine rings is 1. The first-order valence-corrected chi connectivity index (χ1v) is 3.94. The van der Waals surface area contributed by atoms with E-state index in [0.29, 0.717) is 0 Å². The summed E-state index contributed by atoms with van der Waals surface area (Å²) in [7, 11) is 0. The summed E-state index contributed by atoms with van der Waals surface area (Å²) in [6.07, 6.45) is 7.16. The van der Waals surface area contributed by atoms with Crippen LogP contribution < -0.4 is 0 Å². The molecule has 0 aliphatic rings. The van der Waals surface area contributed by atoms with Crippen molar-refractivity contribution in [1.29, 1.82) is 0 Å². The summed E-state index contributed by atoms with van der Waals surface area (Å²) in [5.74, 6) is 0. The fourth-order valence-corrected chi connectivity index (χ4v) is 0.895. The van der Waals surface area contributed by atoms with Gasteiger partial charge in [0.15, 0.2) is 0 Å². The third-order valence-corrected chi connectivity index (χ3v) is 1.52. The molecule has 0 unspecified atom stereocenters. The van der Waals surface area contributed by atoms with Crippen molar-refractivity contribution in [2.75, 3.05) is 6.54 Å². The first-order valence-electron chi connectivity index (χ1n) is 3.94. The molecule has 62 valence electrons. The van der Waals surface area contributed by atoms with E-state index in [1.165, 1.54) is 0 Å². The Morgan fingerprint density at radius 3 is 3.08 bits per heavy atom. The minimum atomic E-state index is 0.804. The second kappa shape index (κ2) is 4.44. The monoisotopic (exact) mass is 160 g/mol. The molecule has 1 rings (SSSR count). The van der Waals surface area contributed by atoms with Crippen LogP contribution in [0, 0.1) is 0 Å². The van der Waals surface area contributed by atoms with E-state index in [1.54, 1.807) is 18.5 Å². The van der Waals surface area contributed by atoms with Crippen molar-refractivity contribution < 1.29 is 0 Å². The Morgan fingerprint density at radius 1 is 1.58 bits per heavy atom. The summed E-state index contributed by atoms with van der Waals surface area (Å²) >= 11 is 0. The van der Waals surface area contributed by atoms with Gasteiger partial charge in [-0.2, -0.15) is 0 Å². The molecule has 0 saturated carbocycles. The van der Waals surface area contributed by atoms with Crippen LogP contribution in [-0.4, -0.2) is 17.7 Å². The average molecular weight is 160 g/mol. The molecule has 1 aromatic rings. The zero-order valence-electron chi connectivity index (χ0n) is 7.20. The van der Waals surface area contributed by atoms with Gasteiger partial charge in [0.25, 0.3) is 0 Å². The van der Waals surface area contributed by atoms with Crippen LogP contribution in [0.3, 0.4) is 0 Å². The highest BCUT2D eigenvalue weighted by molar-refractivity contribution is 5.84. The van der Waals surface area contributed by atoms with Crippen LogP contribution in [0.4, 0.5) is 0 Å². The van der Waals surface area contributed by atoms with Crippen molar-refractivity contribution >= 4 is 12.3 Å². The lowest BCUT2D eigenvalue weighted by Crippen LogP contribution is -1.88. The lowest BCUT2D eigenvalue weighted by molar-refractivity contribution is 1.14. The SMILES string of the molecule is C=Cc1cnccc1/C=N\CC. The lowest BCUT2D eigenvalue weighted by atomic mass is 10.1. The molecule has 0 radical (unpaired) electrons. The first-order chi connectivity index (χ1) is 5.88. The number of aromatic nitrogens is 1. The molecule has 1 heterocycles. The van der Waals surface area contributed by atoms with E-state index in [9.17, 15) is 0 Å². The number of hydrogen-bond donors (Lipinski definition) is 0. The maximum Gasteiger partial charge on any atom is 0.0361 e. The number of rotatable bonds is 3. The minimum Gasteiger partial charge on any atom is -0.293 e. The molecule has 1 aromatic heterocycles. The van der Waals surface area contributed by atoms with Crippen LogP contribution in [0.15, 0.2) is 30.0 Å². The molecule has 0 aliphatic carbocycles. The largest absolute Gasteiger partial charge is 0.293 e. The van der Waals surface area contributed by atoms with Gasteiger partial charge in [-0.05, 0) is 13.0 Å². The fourth-order valence-electron chi connectivity index (χ4n) is 0.895. The highest BCUT2D eigenvalue weighted by Crippen LogP contribution is 2.04. The van der Waals surface area contributed by atoms with E-state index in [0.717, 1.165) is 17.7 Å². The molecule has 0 bridgehead atoms. The lowest BCUT2D eigenvalue weighted by Gasteiger charge is -1.96. The maximum atomic E-state index is 4.15. The molecule has 0 spiro atoms. The second-order valence-electron chi connectivity index (χ2n) is 2.34. The van der Waals surface area contributed by atoms with Crippen LogP contribution in [0.1, 0.15) is 18.1 Å². The molecule has 12 heavy (non-hydrogen) atoms. The summed E-state index contributed by atoms with van der Waals surface area (Å²) in [5.41, 5.74) is 2.09. The second-order valence-corrected chi connectivity index (χ2v) is 2.34. The Bertz CT molecular complexity index is 290. The summed E-state index contributed by atoms with van der Waals surface area (Å²) < 4.78 is 0. The van der Waals surface area contributed by atoms with E-state index in [-0.39, 0.29) is 0 Å². The first kappa shape index (κ1) is 8.65. The highest BCUT2D eigenvalue weighted by Gasteiger charge is 1.92. The predicted molar refractivity (Wildman–Crippen MR) is 52.5 cm³/mol. The van der Waals surface area contributed by atoms with Crippen molar-refractivity contribution in [3.05, 3.63) is 36.2 Å². The van der Waals surface area contributed by atoms with E-state index < -0.39 is 0 Å². The molecule has 2 heteroatoms. The molecule has 0 atom stereocenters. The molecule has 0 saturated heterocycles. The van der Waals surface area contributed by atoms with Gasteiger partial charge in [-0.3, -0.25) is 9.98 Å². The molecular weight excluding hydrogens is 148 g/mol. The van der Waals surface area contributed by atoms with Crippen molar-refractivity contribution in [3.8, 4) is 0 Å². The van der Waals surface area contributed by atoms with E-state index in [2.05, 4.69) is 16.6 Å². The van der Waals surface area contributed by atoms with E-state index >= 15 is 0 Å². The zero-order valence-corrected chi connectivity index (χ0v) is 7.20. The number of hydrogen-bond acceptors (Lipinski definition) is 2. The Labute approximate surface area is 72.7 Å². The third-order valence-electron chi connectivity index (χ3n) is 1.52. The maximum absolute atomic E-state index is 4.15. The standard InChI is InChI=1S/C10H12N2/c1-3-9-7-12-6-5-10(9)8-11-4-2/h3,5-8H,1,4H2,2H3/b11-8-. The van der Waals surface area contributed by atoms with Gasteiger partial charge in [-0.1, -0.05) is 12.7 Å². The molecule has 0 amide bonds. The average Bonchev–Trinajstić information content (AvgIpc) is 2.15. The van der Waals surface area contributed by atoms with Gasteiger partial charge in [-0.25, -0.2) is 0 Å². The minimum absolute atomic E-state index is 0.804. The topological polar surface area (TPSA) is 25.2 Å². The van der Waals surface area contributed by atoms with Gasteiger partial charge in [0.1, 0.15) is 0 Å². The third kappa shape index (κ3) is 2.02. The fraction of sp³-hybridized carbons (Fsp3) is 0.200. The van der Waals surface area contributed by atoms with E-state index in [4.69, 9.17) is 0 Å². The molecule has 0 aliphatic heterocycles. The molecular formula is C10H12N2. The normalized spacial score (nSPS) is 10.4. The smallest absolute Gasteiger partial charge is 0.0361 e. The van der Waals surface area contributed by atoms with E-state index in [1.807, 2.05) is 19.2 Å². The predicted octanol–water partition coefficient (Wildman–Crippen LogP) is 2.16. The van der Waals surface area contributed by atoms with Crippen molar-refractivity contribution in [2.45, 2.75) is 6.92 Å². The van der Waals surface area contributed by atoms with Crippen LogP contribution in [0.2, 0.25) is 0 Å². The van der Waals surface area contributed by atoms with Gasteiger partial charge < -0.3 is 0 Å². The number of aliphatic imine (C=N–C) groups is 1. The highest BCUT2D eigenvalue weighted by atomic mass is 14.7. The van der Waals surface area contributed by atoms with Crippen molar-refractivity contribution in [1.82, 2.24) is 4.98 Å². The molecule has 0 fully saturated rings.